The fourth-order valence-corrected chi connectivity index (χ4v) is 3.09. The van der Waals surface area contributed by atoms with E-state index >= 15 is 0 Å². The number of imide groups is 1. The van der Waals surface area contributed by atoms with Gasteiger partial charge in [-0.1, -0.05) is 22.6 Å². The van der Waals surface area contributed by atoms with Crippen molar-refractivity contribution in [1.29, 1.82) is 0 Å². The summed E-state index contributed by atoms with van der Waals surface area (Å²) in [5, 5.41) is 5.08. The maximum absolute atomic E-state index is 11.6. The Morgan fingerprint density at radius 2 is 2.00 bits per heavy atom. The Kier molecular flexibility index (Phi) is 2.68. The van der Waals surface area contributed by atoms with Crippen molar-refractivity contribution in [3.05, 3.63) is 0 Å². The van der Waals surface area contributed by atoms with E-state index < -0.39 is 5.54 Å². The molecule has 1 aliphatic heterocycles. The average Bonchev–Trinajstić information content (AvgIpc) is 2.43. The molecule has 0 aromatic rings. The molecule has 1 saturated carbocycles. The molecule has 0 atom stereocenters. The van der Waals surface area contributed by atoms with E-state index in [1.54, 1.807) is 0 Å². The molecule has 5 heteroatoms. The van der Waals surface area contributed by atoms with Crippen molar-refractivity contribution in [2.24, 2.45) is 5.92 Å². The number of nitrogens with one attached hydrogen (secondary N) is 2. The molecule has 4 nitrogen and oxygen atoms in total. The molecule has 2 rings (SSSR count). The van der Waals surface area contributed by atoms with Gasteiger partial charge in [0.25, 0.3) is 5.91 Å². The van der Waals surface area contributed by atoms with Crippen molar-refractivity contribution in [2.75, 3.05) is 4.43 Å². The highest BCUT2D eigenvalue weighted by Crippen LogP contribution is 2.34. The maximum atomic E-state index is 11.6. The van der Waals surface area contributed by atoms with Crippen LogP contribution in [0.3, 0.4) is 0 Å². The van der Waals surface area contributed by atoms with E-state index in [9.17, 15) is 9.59 Å². The van der Waals surface area contributed by atoms with Gasteiger partial charge in [0, 0.05) is 4.43 Å². The lowest BCUT2D eigenvalue weighted by molar-refractivity contribution is -0.125. The molecule has 0 radical (unpaired) electrons. The summed E-state index contributed by atoms with van der Waals surface area (Å²) < 4.78 is 1.14. The Balaban J connectivity index is 2.05. The molecule has 78 valence electrons. The summed E-state index contributed by atoms with van der Waals surface area (Å²) >= 11 is 2.38. The Morgan fingerprint density at radius 3 is 2.43 bits per heavy atom. The van der Waals surface area contributed by atoms with Gasteiger partial charge in [0.15, 0.2) is 0 Å². The zero-order chi connectivity index (χ0) is 10.2. The molecule has 2 N–H and O–H groups in total. The smallest absolute Gasteiger partial charge is 0.322 e. The number of carbonyl (C=O) groups is 2. The van der Waals surface area contributed by atoms with Crippen LogP contribution < -0.4 is 10.6 Å². The lowest BCUT2D eigenvalue weighted by atomic mass is 9.77. The van der Waals surface area contributed by atoms with Gasteiger partial charge in [-0.25, -0.2) is 4.79 Å². The molecule has 0 bridgehead atoms. The van der Waals surface area contributed by atoms with Crippen LogP contribution >= 0.6 is 22.6 Å². The molecule has 0 aromatic heterocycles. The average molecular weight is 308 g/mol. The van der Waals surface area contributed by atoms with Gasteiger partial charge in [0.05, 0.1) is 0 Å². The molecule has 1 aliphatic carbocycles. The number of alkyl halides is 1. The Morgan fingerprint density at radius 1 is 1.36 bits per heavy atom. The first-order valence-corrected chi connectivity index (χ1v) is 6.38. The number of hydrogen-bond donors (Lipinski definition) is 2. The van der Waals surface area contributed by atoms with Crippen molar-refractivity contribution in [3.8, 4) is 0 Å². The number of amides is 3. The van der Waals surface area contributed by atoms with Gasteiger partial charge in [-0.15, -0.1) is 0 Å². The largest absolute Gasteiger partial charge is 0.323 e. The second-order valence-corrected chi connectivity index (χ2v) is 4.97. The second-order valence-electron chi connectivity index (χ2n) is 4.09. The number of urea groups is 1. The normalized spacial score (nSPS) is 37.1. The standard InChI is InChI=1S/C9H13IN2O2/c10-5-6-1-3-9(4-2-6)7(13)11-8(14)12-9/h6H,1-5H2,(H2,11,12,13,14). The minimum atomic E-state index is -0.570. The zero-order valence-corrected chi connectivity index (χ0v) is 9.96. The van der Waals surface area contributed by atoms with Crippen LogP contribution in [0.5, 0.6) is 0 Å². The van der Waals surface area contributed by atoms with Crippen LogP contribution in [-0.4, -0.2) is 21.9 Å². The molecular weight excluding hydrogens is 295 g/mol. The monoisotopic (exact) mass is 308 g/mol. The number of carbonyl (C=O) groups excluding carboxylic acids is 2. The van der Waals surface area contributed by atoms with E-state index in [2.05, 4.69) is 33.2 Å². The van der Waals surface area contributed by atoms with E-state index in [1.165, 1.54) is 0 Å². The van der Waals surface area contributed by atoms with Crippen molar-refractivity contribution in [3.63, 3.8) is 0 Å². The fraction of sp³-hybridized carbons (Fsp3) is 0.778. The molecule has 14 heavy (non-hydrogen) atoms. The summed E-state index contributed by atoms with van der Waals surface area (Å²) in [5.41, 5.74) is -0.570. The van der Waals surface area contributed by atoms with Crippen molar-refractivity contribution in [2.45, 2.75) is 31.2 Å². The van der Waals surface area contributed by atoms with Crippen LogP contribution in [0, 0.1) is 5.92 Å². The molecule has 2 fully saturated rings. The minimum Gasteiger partial charge on any atom is -0.323 e. The van der Waals surface area contributed by atoms with E-state index in [0.29, 0.717) is 5.92 Å². The first kappa shape index (κ1) is 10.2. The number of hydrogen-bond acceptors (Lipinski definition) is 2. The molecule has 0 aromatic carbocycles. The summed E-state index contributed by atoms with van der Waals surface area (Å²) in [7, 11) is 0. The van der Waals surface area contributed by atoms with E-state index in [-0.39, 0.29) is 11.9 Å². The van der Waals surface area contributed by atoms with Crippen LogP contribution in [0.4, 0.5) is 4.79 Å². The minimum absolute atomic E-state index is 0.130. The molecule has 0 unspecified atom stereocenters. The summed E-state index contributed by atoms with van der Waals surface area (Å²) in [6.07, 6.45) is 3.66. The van der Waals surface area contributed by atoms with Gasteiger partial charge in [0.1, 0.15) is 5.54 Å². The zero-order valence-electron chi connectivity index (χ0n) is 7.81. The van der Waals surface area contributed by atoms with Crippen LogP contribution in [0.1, 0.15) is 25.7 Å². The van der Waals surface area contributed by atoms with Crippen LogP contribution in [0.25, 0.3) is 0 Å². The van der Waals surface area contributed by atoms with Gasteiger partial charge >= 0.3 is 6.03 Å². The summed E-state index contributed by atoms with van der Waals surface area (Å²) in [6, 6.07) is -0.331. The highest BCUT2D eigenvalue weighted by molar-refractivity contribution is 14.1. The molecule has 3 amide bonds. The predicted molar refractivity (Wildman–Crippen MR) is 60.3 cm³/mol. The van der Waals surface area contributed by atoms with Crippen molar-refractivity contribution in [1.82, 2.24) is 10.6 Å². The Labute approximate surface area is 96.3 Å². The second kappa shape index (κ2) is 3.67. The van der Waals surface area contributed by atoms with Gasteiger partial charge in [-0.2, -0.15) is 0 Å². The molecule has 1 spiro atoms. The van der Waals surface area contributed by atoms with Gasteiger partial charge in [-0.3, -0.25) is 10.1 Å². The first-order chi connectivity index (χ1) is 6.66. The summed E-state index contributed by atoms with van der Waals surface area (Å²) in [6.45, 7) is 0. The lowest BCUT2D eigenvalue weighted by Crippen LogP contribution is -2.49. The van der Waals surface area contributed by atoms with E-state index in [4.69, 9.17) is 0 Å². The predicted octanol–water partition coefficient (Wildman–Crippen LogP) is 1.19. The van der Waals surface area contributed by atoms with E-state index in [0.717, 1.165) is 30.1 Å². The van der Waals surface area contributed by atoms with Gasteiger partial charge in [0.2, 0.25) is 0 Å². The SMILES string of the molecule is O=C1NC(=O)C2(CCC(CI)CC2)N1. The van der Waals surface area contributed by atoms with Crippen molar-refractivity contribution >= 4 is 34.5 Å². The lowest BCUT2D eigenvalue weighted by Gasteiger charge is -2.33. The van der Waals surface area contributed by atoms with E-state index in [1.807, 2.05) is 0 Å². The third kappa shape index (κ3) is 1.62. The van der Waals surface area contributed by atoms with Gasteiger partial charge < -0.3 is 5.32 Å². The summed E-state index contributed by atoms with van der Waals surface area (Å²) in [4.78, 5) is 22.6. The van der Waals surface area contributed by atoms with Gasteiger partial charge in [-0.05, 0) is 31.6 Å². The molecule has 1 saturated heterocycles. The van der Waals surface area contributed by atoms with Crippen molar-refractivity contribution < 1.29 is 9.59 Å². The highest BCUT2D eigenvalue weighted by atomic mass is 127. The molecular formula is C9H13IN2O2. The quantitative estimate of drug-likeness (QED) is 0.434. The third-order valence-electron chi connectivity index (χ3n) is 3.19. The number of rotatable bonds is 1. The van der Waals surface area contributed by atoms with Crippen LogP contribution in [0.2, 0.25) is 0 Å². The Hall–Kier alpha value is -0.330. The molecule has 2 aliphatic rings. The Bertz CT molecular complexity index is 272. The number of halogens is 1. The highest BCUT2D eigenvalue weighted by Gasteiger charge is 2.47. The van der Waals surface area contributed by atoms with Crippen LogP contribution in [-0.2, 0) is 4.79 Å². The third-order valence-corrected chi connectivity index (χ3v) is 4.44. The summed E-state index contributed by atoms with van der Waals surface area (Å²) in [5.74, 6) is 0.584. The first-order valence-electron chi connectivity index (χ1n) is 4.86. The van der Waals surface area contributed by atoms with Crippen LogP contribution in [0.15, 0.2) is 0 Å². The molecule has 1 heterocycles. The topological polar surface area (TPSA) is 58.2 Å². The fourth-order valence-electron chi connectivity index (χ4n) is 2.20. The maximum Gasteiger partial charge on any atom is 0.322 e.